The molecule has 1 saturated heterocycles. The molecule has 0 radical (unpaired) electrons. The van der Waals surface area contributed by atoms with Crippen molar-refractivity contribution in [2.75, 3.05) is 13.1 Å². The molecule has 1 unspecified atom stereocenters. The lowest BCUT2D eigenvalue weighted by atomic mass is 9.90. The summed E-state index contributed by atoms with van der Waals surface area (Å²) < 4.78 is 14.5. The first-order valence-electron chi connectivity index (χ1n) is 5.57. The molecule has 2 nitrogen and oxygen atoms in total. The molecule has 0 bridgehead atoms. The molecule has 1 fully saturated rings. The molecule has 0 aliphatic carbocycles. The highest BCUT2D eigenvalue weighted by atomic mass is 19.1. The molecule has 1 N–H and O–H groups in total. The highest BCUT2D eigenvalue weighted by Gasteiger charge is 2.30. The molecule has 1 aromatic heterocycles. The zero-order chi connectivity index (χ0) is 10.6. The van der Waals surface area contributed by atoms with Gasteiger partial charge in [-0.3, -0.25) is 4.98 Å². The average molecular weight is 208 g/mol. The Hall–Kier alpha value is -0.960. The Bertz CT molecular complexity index is 292. The molecule has 1 aliphatic heterocycles. The van der Waals surface area contributed by atoms with Crippen LogP contribution in [-0.4, -0.2) is 23.7 Å². The summed E-state index contributed by atoms with van der Waals surface area (Å²) in [5, 5.41) is 3.24. The number of rotatable bonds is 2. The number of hydrogen-bond donors (Lipinski definition) is 1. The lowest BCUT2D eigenvalue weighted by Crippen LogP contribution is -2.27. The molecule has 2 heterocycles. The minimum absolute atomic E-state index is 0.525. The summed E-state index contributed by atoms with van der Waals surface area (Å²) in [6.45, 7) is 1.74. The lowest BCUT2D eigenvalue weighted by Gasteiger charge is -2.23. The van der Waals surface area contributed by atoms with Crippen molar-refractivity contribution in [3.05, 3.63) is 30.1 Å². The fraction of sp³-hybridized carbons (Fsp3) is 0.583. The van der Waals surface area contributed by atoms with Gasteiger partial charge in [-0.25, -0.2) is 4.39 Å². The predicted molar refractivity (Wildman–Crippen MR) is 58.5 cm³/mol. The van der Waals surface area contributed by atoms with Crippen molar-refractivity contribution < 1.29 is 4.39 Å². The fourth-order valence-electron chi connectivity index (χ4n) is 2.14. The second kappa shape index (κ2) is 4.71. The first-order chi connectivity index (χ1) is 7.29. The molecule has 3 heteroatoms. The Morgan fingerprint density at radius 1 is 1.27 bits per heavy atom. The summed E-state index contributed by atoms with van der Waals surface area (Å²) in [6.07, 6.45) is 6.21. The van der Waals surface area contributed by atoms with Crippen molar-refractivity contribution in [2.45, 2.75) is 31.4 Å². The summed E-state index contributed by atoms with van der Waals surface area (Å²) in [6, 6.07) is 3.80. The average Bonchev–Trinajstić information content (AvgIpc) is 2.45. The predicted octanol–water partition coefficient (Wildman–Crippen LogP) is 2.11. The number of hydrogen-bond acceptors (Lipinski definition) is 2. The number of pyridine rings is 1. The fourth-order valence-corrected chi connectivity index (χ4v) is 2.14. The Balaban J connectivity index is 2.02. The van der Waals surface area contributed by atoms with E-state index in [0.717, 1.165) is 25.1 Å². The van der Waals surface area contributed by atoms with Crippen LogP contribution in [0.2, 0.25) is 0 Å². The van der Waals surface area contributed by atoms with Crippen LogP contribution in [-0.2, 0) is 6.42 Å². The van der Waals surface area contributed by atoms with Crippen LogP contribution in [0.4, 0.5) is 4.39 Å². The van der Waals surface area contributed by atoms with Gasteiger partial charge in [0, 0.05) is 18.8 Å². The molecule has 1 aliphatic rings. The van der Waals surface area contributed by atoms with Gasteiger partial charge < -0.3 is 5.32 Å². The van der Waals surface area contributed by atoms with Gasteiger partial charge in [0.2, 0.25) is 0 Å². The summed E-state index contributed by atoms with van der Waals surface area (Å²) in [7, 11) is 0. The van der Waals surface area contributed by atoms with Crippen molar-refractivity contribution in [3.8, 4) is 0 Å². The monoisotopic (exact) mass is 208 g/mol. The molecular formula is C12H17FN2. The van der Waals surface area contributed by atoms with E-state index in [0.29, 0.717) is 19.3 Å². The molecular weight excluding hydrogens is 191 g/mol. The SMILES string of the molecule is FC1(Cc2ccncc2)CCCNCC1. The second-order valence-corrected chi connectivity index (χ2v) is 4.29. The molecule has 1 aromatic rings. The third kappa shape index (κ3) is 2.99. The van der Waals surface area contributed by atoms with Crippen LogP contribution in [0, 0.1) is 0 Å². The van der Waals surface area contributed by atoms with Gasteiger partial charge in [0.25, 0.3) is 0 Å². The maximum absolute atomic E-state index is 14.5. The third-order valence-electron chi connectivity index (χ3n) is 3.00. The van der Waals surface area contributed by atoms with Crippen LogP contribution in [0.25, 0.3) is 0 Å². The van der Waals surface area contributed by atoms with Crippen molar-refractivity contribution in [1.82, 2.24) is 10.3 Å². The van der Waals surface area contributed by atoms with Crippen LogP contribution in [0.15, 0.2) is 24.5 Å². The van der Waals surface area contributed by atoms with Gasteiger partial charge in [-0.05, 0) is 50.0 Å². The smallest absolute Gasteiger partial charge is 0.116 e. The topological polar surface area (TPSA) is 24.9 Å². The van der Waals surface area contributed by atoms with Gasteiger partial charge >= 0.3 is 0 Å². The molecule has 0 saturated carbocycles. The third-order valence-corrected chi connectivity index (χ3v) is 3.00. The highest BCUT2D eigenvalue weighted by Crippen LogP contribution is 2.28. The number of alkyl halides is 1. The standard InChI is InChI=1S/C12H17FN2/c13-12(4-1-6-14-9-5-12)10-11-2-7-15-8-3-11/h2-3,7-8,14H,1,4-6,9-10H2. The zero-order valence-electron chi connectivity index (χ0n) is 8.88. The van der Waals surface area contributed by atoms with E-state index in [9.17, 15) is 4.39 Å². The van der Waals surface area contributed by atoms with Gasteiger partial charge in [0.15, 0.2) is 0 Å². The van der Waals surface area contributed by atoms with Gasteiger partial charge in [-0.1, -0.05) is 0 Å². The second-order valence-electron chi connectivity index (χ2n) is 4.29. The maximum atomic E-state index is 14.5. The largest absolute Gasteiger partial charge is 0.317 e. The number of halogens is 1. The van der Waals surface area contributed by atoms with Crippen molar-refractivity contribution >= 4 is 0 Å². The first kappa shape index (κ1) is 10.6. The number of nitrogens with zero attached hydrogens (tertiary/aromatic N) is 1. The quantitative estimate of drug-likeness (QED) is 0.805. The maximum Gasteiger partial charge on any atom is 0.116 e. The summed E-state index contributed by atoms with van der Waals surface area (Å²) in [5.74, 6) is 0. The van der Waals surface area contributed by atoms with E-state index < -0.39 is 5.67 Å². The lowest BCUT2D eigenvalue weighted by molar-refractivity contribution is 0.144. The normalized spacial score (nSPS) is 27.3. The van der Waals surface area contributed by atoms with E-state index in [4.69, 9.17) is 0 Å². The van der Waals surface area contributed by atoms with E-state index in [1.165, 1.54) is 0 Å². The molecule has 1 atom stereocenters. The highest BCUT2D eigenvalue weighted by molar-refractivity contribution is 5.13. The Kier molecular flexibility index (Phi) is 3.31. The minimum atomic E-state index is -1.02. The Labute approximate surface area is 89.9 Å². The van der Waals surface area contributed by atoms with Crippen LogP contribution in [0.1, 0.15) is 24.8 Å². The van der Waals surface area contributed by atoms with E-state index in [1.807, 2.05) is 12.1 Å². The summed E-state index contributed by atoms with van der Waals surface area (Å²) >= 11 is 0. The van der Waals surface area contributed by atoms with Gasteiger partial charge in [-0.2, -0.15) is 0 Å². The van der Waals surface area contributed by atoms with E-state index in [1.54, 1.807) is 12.4 Å². The molecule has 15 heavy (non-hydrogen) atoms. The Morgan fingerprint density at radius 3 is 2.87 bits per heavy atom. The van der Waals surface area contributed by atoms with Gasteiger partial charge in [0.1, 0.15) is 5.67 Å². The van der Waals surface area contributed by atoms with Crippen LogP contribution in [0.5, 0.6) is 0 Å². The summed E-state index contributed by atoms with van der Waals surface area (Å²) in [5.41, 5.74) is 0.0274. The minimum Gasteiger partial charge on any atom is -0.317 e. The van der Waals surface area contributed by atoms with Crippen LogP contribution >= 0.6 is 0 Å². The molecule has 0 spiro atoms. The molecule has 0 amide bonds. The van der Waals surface area contributed by atoms with E-state index in [2.05, 4.69) is 10.3 Å². The van der Waals surface area contributed by atoms with Crippen LogP contribution in [0.3, 0.4) is 0 Å². The van der Waals surface area contributed by atoms with Gasteiger partial charge in [-0.15, -0.1) is 0 Å². The van der Waals surface area contributed by atoms with Crippen molar-refractivity contribution in [3.63, 3.8) is 0 Å². The van der Waals surface area contributed by atoms with Crippen molar-refractivity contribution in [1.29, 1.82) is 0 Å². The first-order valence-corrected chi connectivity index (χ1v) is 5.57. The molecule has 0 aromatic carbocycles. The van der Waals surface area contributed by atoms with Crippen LogP contribution < -0.4 is 5.32 Å². The zero-order valence-corrected chi connectivity index (χ0v) is 8.88. The number of aromatic nitrogens is 1. The molecule has 2 rings (SSSR count). The molecule has 82 valence electrons. The van der Waals surface area contributed by atoms with Crippen molar-refractivity contribution in [2.24, 2.45) is 0 Å². The van der Waals surface area contributed by atoms with E-state index >= 15 is 0 Å². The Morgan fingerprint density at radius 2 is 2.07 bits per heavy atom. The van der Waals surface area contributed by atoms with Gasteiger partial charge in [0.05, 0.1) is 0 Å². The van der Waals surface area contributed by atoms with E-state index in [-0.39, 0.29) is 0 Å². The number of nitrogens with one attached hydrogen (secondary N) is 1. The summed E-state index contributed by atoms with van der Waals surface area (Å²) in [4.78, 5) is 3.94.